The Morgan fingerprint density at radius 1 is 1.54 bits per heavy atom. The fraction of sp³-hybridized carbons (Fsp3) is 0.438. The predicted octanol–water partition coefficient (Wildman–Crippen LogP) is 1.58. The number of nitrogens with one attached hydrogen (secondary N) is 1. The summed E-state index contributed by atoms with van der Waals surface area (Å²) < 4.78 is 18.4. The van der Waals surface area contributed by atoms with E-state index < -0.39 is 6.10 Å². The summed E-state index contributed by atoms with van der Waals surface area (Å²) in [5.41, 5.74) is 0.675. The Morgan fingerprint density at radius 3 is 3.08 bits per heavy atom. The lowest BCUT2D eigenvalue weighted by Crippen LogP contribution is -2.41. The molecule has 0 aliphatic carbocycles. The summed E-state index contributed by atoms with van der Waals surface area (Å²) in [6.45, 7) is 2.27. The number of benzene rings is 1. The van der Waals surface area contributed by atoms with Crippen LogP contribution in [0.4, 0.5) is 9.18 Å². The van der Waals surface area contributed by atoms with Crippen LogP contribution in [0.3, 0.4) is 0 Å². The van der Waals surface area contributed by atoms with Crippen LogP contribution in [0.2, 0.25) is 0 Å². The summed E-state index contributed by atoms with van der Waals surface area (Å²) >= 11 is 0. The first kappa shape index (κ1) is 16.4. The van der Waals surface area contributed by atoms with Crippen molar-refractivity contribution in [1.29, 1.82) is 0 Å². The summed E-state index contributed by atoms with van der Waals surface area (Å²) in [5.74, 6) is 0.641. The topological polar surface area (TPSA) is 91.5 Å². The maximum atomic E-state index is 13.4. The van der Waals surface area contributed by atoms with Crippen molar-refractivity contribution < 1.29 is 18.8 Å². The number of aromatic nitrogens is 2. The first-order valence-corrected chi connectivity index (χ1v) is 7.80. The number of nitrogens with zero attached hydrogens (tertiary/aromatic N) is 3. The summed E-state index contributed by atoms with van der Waals surface area (Å²) in [4.78, 5) is 18.0. The molecule has 3 rings (SSSR count). The third kappa shape index (κ3) is 3.70. The maximum absolute atomic E-state index is 13.4. The second kappa shape index (κ2) is 6.96. The Morgan fingerprint density at radius 2 is 2.38 bits per heavy atom. The number of rotatable bonds is 4. The van der Waals surface area contributed by atoms with Gasteiger partial charge in [-0.05, 0) is 31.0 Å². The van der Waals surface area contributed by atoms with Gasteiger partial charge < -0.3 is 19.8 Å². The van der Waals surface area contributed by atoms with Crippen molar-refractivity contribution >= 4 is 6.03 Å². The molecule has 2 N–H and O–H groups in total. The molecule has 2 atom stereocenters. The molecule has 0 radical (unpaired) electrons. The number of carbonyl (C=O) groups is 1. The van der Waals surface area contributed by atoms with Gasteiger partial charge in [-0.1, -0.05) is 17.3 Å². The van der Waals surface area contributed by atoms with Crippen molar-refractivity contribution in [3.05, 3.63) is 47.4 Å². The standard InChI is InChI=1S/C16H19FN4O3/c1-10-19-15(24-20-10)5-6-18-16(23)21-9-13(22)8-14(21)11-3-2-4-12(17)7-11/h2-4,7,13-14,22H,5-6,8-9H2,1H3,(H,18,23)/t13-,14-/m0/s1. The highest BCUT2D eigenvalue weighted by Gasteiger charge is 2.35. The van der Waals surface area contributed by atoms with Crippen LogP contribution in [0.25, 0.3) is 0 Å². The van der Waals surface area contributed by atoms with Crippen molar-refractivity contribution in [2.75, 3.05) is 13.1 Å². The van der Waals surface area contributed by atoms with E-state index in [1.54, 1.807) is 19.1 Å². The van der Waals surface area contributed by atoms with Gasteiger partial charge in [0.2, 0.25) is 5.89 Å². The molecule has 24 heavy (non-hydrogen) atoms. The van der Waals surface area contributed by atoms with Crippen molar-refractivity contribution in [2.24, 2.45) is 0 Å². The zero-order valence-electron chi connectivity index (χ0n) is 13.3. The molecule has 1 fully saturated rings. The molecule has 8 heteroatoms. The van der Waals surface area contributed by atoms with E-state index in [0.717, 1.165) is 0 Å². The van der Waals surface area contributed by atoms with Crippen LogP contribution in [-0.2, 0) is 6.42 Å². The Labute approximate surface area is 138 Å². The van der Waals surface area contributed by atoms with E-state index in [4.69, 9.17) is 4.52 Å². The van der Waals surface area contributed by atoms with E-state index in [9.17, 15) is 14.3 Å². The number of halogens is 1. The Balaban J connectivity index is 1.61. The molecular formula is C16H19FN4O3. The largest absolute Gasteiger partial charge is 0.391 e. The number of urea groups is 1. The van der Waals surface area contributed by atoms with E-state index >= 15 is 0 Å². The minimum Gasteiger partial charge on any atom is -0.391 e. The second-order valence-corrected chi connectivity index (χ2v) is 5.83. The van der Waals surface area contributed by atoms with E-state index in [-0.39, 0.29) is 24.4 Å². The van der Waals surface area contributed by atoms with Gasteiger partial charge in [-0.15, -0.1) is 0 Å². The molecule has 1 aromatic heterocycles. The van der Waals surface area contributed by atoms with E-state index in [1.165, 1.54) is 17.0 Å². The van der Waals surface area contributed by atoms with Gasteiger partial charge in [0.05, 0.1) is 12.1 Å². The Bertz CT molecular complexity index is 721. The zero-order chi connectivity index (χ0) is 17.1. The smallest absolute Gasteiger partial charge is 0.318 e. The van der Waals surface area contributed by atoms with Gasteiger partial charge >= 0.3 is 6.03 Å². The summed E-state index contributed by atoms with van der Waals surface area (Å²) in [6.07, 6.45) is 0.190. The molecule has 128 valence electrons. The van der Waals surface area contributed by atoms with Gasteiger partial charge in [0.1, 0.15) is 5.82 Å². The summed E-state index contributed by atoms with van der Waals surface area (Å²) in [6, 6.07) is 5.45. The summed E-state index contributed by atoms with van der Waals surface area (Å²) in [5, 5.41) is 16.4. The lowest BCUT2D eigenvalue weighted by molar-refractivity contribution is 0.169. The third-order valence-corrected chi connectivity index (χ3v) is 3.96. The quantitative estimate of drug-likeness (QED) is 0.886. The molecule has 7 nitrogen and oxygen atoms in total. The van der Waals surface area contributed by atoms with Gasteiger partial charge in [0, 0.05) is 19.5 Å². The minimum absolute atomic E-state index is 0.215. The Hall–Kier alpha value is -2.48. The van der Waals surface area contributed by atoms with E-state index in [1.807, 2.05) is 0 Å². The molecule has 1 aliphatic heterocycles. The fourth-order valence-electron chi connectivity index (χ4n) is 2.89. The molecule has 0 unspecified atom stereocenters. The number of aliphatic hydroxyl groups excluding tert-OH is 1. The average Bonchev–Trinajstić information content (AvgIpc) is 3.13. The number of hydrogen-bond donors (Lipinski definition) is 2. The number of aryl methyl sites for hydroxylation is 1. The number of aliphatic hydroxyl groups is 1. The normalized spacial score (nSPS) is 20.4. The monoisotopic (exact) mass is 334 g/mol. The maximum Gasteiger partial charge on any atom is 0.318 e. The number of β-amino-alcohol motifs (C(OH)–C–C–N with tert-alkyl or cyclic N) is 1. The van der Waals surface area contributed by atoms with Gasteiger partial charge in [-0.25, -0.2) is 9.18 Å². The lowest BCUT2D eigenvalue weighted by Gasteiger charge is -2.25. The molecule has 2 heterocycles. The SMILES string of the molecule is Cc1noc(CCNC(=O)N2C[C@@H](O)C[C@H]2c2cccc(F)c2)n1. The first-order chi connectivity index (χ1) is 11.5. The van der Waals surface area contributed by atoms with Gasteiger partial charge in [-0.2, -0.15) is 4.98 Å². The number of amides is 2. The zero-order valence-corrected chi connectivity index (χ0v) is 13.3. The van der Waals surface area contributed by atoms with Crippen molar-refractivity contribution in [3.8, 4) is 0 Å². The predicted molar refractivity (Wildman–Crippen MR) is 82.6 cm³/mol. The van der Waals surface area contributed by atoms with E-state index in [2.05, 4.69) is 15.5 Å². The molecule has 1 saturated heterocycles. The minimum atomic E-state index is -0.623. The Kier molecular flexibility index (Phi) is 4.75. The molecule has 0 spiro atoms. The van der Waals surface area contributed by atoms with Crippen LogP contribution in [0.5, 0.6) is 0 Å². The molecule has 1 aliphatic rings. The number of hydrogen-bond acceptors (Lipinski definition) is 5. The second-order valence-electron chi connectivity index (χ2n) is 5.83. The van der Waals surface area contributed by atoms with Crippen LogP contribution < -0.4 is 5.32 Å². The summed E-state index contributed by atoms with van der Waals surface area (Å²) in [7, 11) is 0. The van der Waals surface area contributed by atoms with Gasteiger partial charge in [-0.3, -0.25) is 0 Å². The van der Waals surface area contributed by atoms with Crippen molar-refractivity contribution in [1.82, 2.24) is 20.4 Å². The van der Waals surface area contributed by atoms with Crippen molar-refractivity contribution in [2.45, 2.75) is 31.9 Å². The van der Waals surface area contributed by atoms with Crippen molar-refractivity contribution in [3.63, 3.8) is 0 Å². The number of likely N-dealkylation sites (tertiary alicyclic amines) is 1. The molecule has 0 bridgehead atoms. The van der Waals surface area contributed by atoms with Crippen LogP contribution in [0, 0.1) is 12.7 Å². The highest BCUT2D eigenvalue weighted by atomic mass is 19.1. The average molecular weight is 334 g/mol. The van der Waals surface area contributed by atoms with E-state index in [0.29, 0.717) is 36.7 Å². The lowest BCUT2D eigenvalue weighted by atomic mass is 10.0. The van der Waals surface area contributed by atoms with Gasteiger partial charge in [0.25, 0.3) is 0 Å². The fourth-order valence-corrected chi connectivity index (χ4v) is 2.89. The van der Waals surface area contributed by atoms with Crippen LogP contribution in [0.1, 0.15) is 29.7 Å². The highest BCUT2D eigenvalue weighted by Crippen LogP contribution is 2.32. The van der Waals surface area contributed by atoms with Crippen LogP contribution in [0.15, 0.2) is 28.8 Å². The molecular weight excluding hydrogens is 315 g/mol. The molecule has 0 saturated carbocycles. The third-order valence-electron chi connectivity index (χ3n) is 3.96. The van der Waals surface area contributed by atoms with Gasteiger partial charge in [0.15, 0.2) is 5.82 Å². The molecule has 2 amide bonds. The highest BCUT2D eigenvalue weighted by molar-refractivity contribution is 5.75. The van der Waals surface area contributed by atoms with Crippen LogP contribution in [-0.4, -0.2) is 45.4 Å². The number of carbonyl (C=O) groups excluding carboxylic acids is 1. The molecule has 1 aromatic carbocycles. The first-order valence-electron chi connectivity index (χ1n) is 7.80. The van der Waals surface area contributed by atoms with Crippen LogP contribution >= 0.6 is 0 Å². The molecule has 2 aromatic rings.